The number of nitrogens with one attached hydrogen (secondary N) is 2. The number of anilines is 1. The van der Waals surface area contributed by atoms with E-state index < -0.39 is 0 Å². The zero-order valence-electron chi connectivity index (χ0n) is 22.1. The fourth-order valence-corrected chi connectivity index (χ4v) is 9.22. The fourth-order valence-electron chi connectivity index (χ4n) is 9.05. The van der Waals surface area contributed by atoms with Gasteiger partial charge in [0.15, 0.2) is 5.11 Å². The van der Waals surface area contributed by atoms with Gasteiger partial charge < -0.3 is 10.1 Å². The maximum Gasteiger partial charge on any atom is 0.312 e. The largest absolute Gasteiger partial charge is 0.466 e. The molecule has 5 nitrogen and oxygen atoms in total. The van der Waals surface area contributed by atoms with Crippen LogP contribution in [0.3, 0.4) is 0 Å². The van der Waals surface area contributed by atoms with E-state index in [4.69, 9.17) is 22.1 Å². The number of thiocarbonyl (C=S) groups is 1. The van der Waals surface area contributed by atoms with Gasteiger partial charge in [0.25, 0.3) is 0 Å². The highest BCUT2D eigenvalue weighted by molar-refractivity contribution is 7.80. The van der Waals surface area contributed by atoms with Crippen molar-refractivity contribution in [3.05, 3.63) is 30.1 Å². The van der Waals surface area contributed by atoms with Crippen LogP contribution in [0.1, 0.15) is 85.5 Å². The number of hydrazone groups is 1. The van der Waals surface area contributed by atoms with E-state index in [9.17, 15) is 9.18 Å². The molecule has 0 unspecified atom stereocenters. The number of carbonyl (C=O) groups is 1. The molecular weight excluding hydrogens is 473 g/mol. The molecule has 4 saturated carbocycles. The first-order chi connectivity index (χ1) is 17.0. The minimum absolute atomic E-state index is 0.0116. The molecule has 4 aliphatic rings. The summed E-state index contributed by atoms with van der Waals surface area (Å²) >= 11 is 5.47. The molecule has 0 heterocycles. The highest BCUT2D eigenvalue weighted by Gasteiger charge is 2.67. The number of fused-ring (bicyclic) bond motifs is 3. The summed E-state index contributed by atoms with van der Waals surface area (Å²) in [5, 5.41) is 8.37. The van der Waals surface area contributed by atoms with E-state index in [0.717, 1.165) is 44.2 Å². The third-order valence-corrected chi connectivity index (χ3v) is 10.7. The lowest BCUT2D eigenvalue weighted by atomic mass is 9.40. The average molecular weight is 514 g/mol. The number of halogens is 1. The SMILES string of the molecule is CCOC(=O)[C@]1(C)CCC[C@@]2(C)[C@@H]3CC[C@@]4(C)C[C@]3(CC[C@@H]21)C/C4=N\NC(=S)Nc1ccc(F)cc1. The van der Waals surface area contributed by atoms with Crippen molar-refractivity contribution in [2.24, 2.45) is 38.6 Å². The third-order valence-electron chi connectivity index (χ3n) is 10.5. The summed E-state index contributed by atoms with van der Waals surface area (Å²) in [4.78, 5) is 13.1. The molecule has 1 aromatic rings. The molecule has 1 spiro atoms. The summed E-state index contributed by atoms with van der Waals surface area (Å²) in [5.41, 5.74) is 5.14. The molecule has 4 fully saturated rings. The van der Waals surface area contributed by atoms with Crippen LogP contribution in [-0.4, -0.2) is 23.4 Å². The first kappa shape index (κ1) is 25.6. The predicted molar refractivity (Wildman–Crippen MR) is 145 cm³/mol. The minimum Gasteiger partial charge on any atom is -0.466 e. The van der Waals surface area contributed by atoms with Crippen molar-refractivity contribution in [1.29, 1.82) is 0 Å². The number of rotatable bonds is 4. The zero-order valence-corrected chi connectivity index (χ0v) is 22.9. The Kier molecular flexibility index (Phi) is 6.46. The van der Waals surface area contributed by atoms with Crippen molar-refractivity contribution in [2.45, 2.75) is 85.5 Å². The number of esters is 1. The highest BCUT2D eigenvalue weighted by atomic mass is 32.1. The van der Waals surface area contributed by atoms with E-state index in [1.165, 1.54) is 37.1 Å². The normalized spacial score (nSPS) is 40.2. The zero-order chi connectivity index (χ0) is 25.8. The Hall–Kier alpha value is -2.02. The Balaban J connectivity index is 1.35. The molecule has 196 valence electrons. The summed E-state index contributed by atoms with van der Waals surface area (Å²) in [7, 11) is 0. The van der Waals surface area contributed by atoms with Crippen molar-refractivity contribution in [2.75, 3.05) is 11.9 Å². The molecule has 7 heteroatoms. The smallest absolute Gasteiger partial charge is 0.312 e. The van der Waals surface area contributed by atoms with Crippen LogP contribution in [0, 0.1) is 39.3 Å². The van der Waals surface area contributed by atoms with E-state index in [1.54, 1.807) is 12.1 Å². The van der Waals surface area contributed by atoms with Gasteiger partial charge in [0.1, 0.15) is 5.82 Å². The van der Waals surface area contributed by atoms with Crippen LogP contribution >= 0.6 is 12.2 Å². The van der Waals surface area contributed by atoms with Crippen LogP contribution < -0.4 is 10.7 Å². The Morgan fingerprint density at radius 1 is 1.11 bits per heavy atom. The maximum atomic E-state index is 13.2. The van der Waals surface area contributed by atoms with Crippen LogP contribution in [0.2, 0.25) is 0 Å². The lowest BCUT2D eigenvalue weighted by Crippen LogP contribution is -2.58. The molecule has 0 aromatic heterocycles. The Morgan fingerprint density at radius 3 is 2.56 bits per heavy atom. The molecule has 6 atom stereocenters. The summed E-state index contributed by atoms with van der Waals surface area (Å²) in [6, 6.07) is 6.15. The fraction of sp³-hybridized carbons (Fsp3) is 0.690. The van der Waals surface area contributed by atoms with Gasteiger partial charge in [-0.3, -0.25) is 10.2 Å². The average Bonchev–Trinajstić information content (AvgIpc) is 3.03. The first-order valence-corrected chi connectivity index (χ1v) is 14.0. The van der Waals surface area contributed by atoms with Crippen molar-refractivity contribution in [3.8, 4) is 0 Å². The van der Waals surface area contributed by atoms with Gasteiger partial charge in [0, 0.05) is 16.8 Å². The molecule has 2 N–H and O–H groups in total. The monoisotopic (exact) mass is 513 g/mol. The molecule has 36 heavy (non-hydrogen) atoms. The molecule has 4 aliphatic carbocycles. The van der Waals surface area contributed by atoms with Gasteiger partial charge in [-0.1, -0.05) is 20.3 Å². The topological polar surface area (TPSA) is 62.7 Å². The van der Waals surface area contributed by atoms with E-state index >= 15 is 0 Å². The van der Waals surface area contributed by atoms with Crippen molar-refractivity contribution in [3.63, 3.8) is 0 Å². The number of hydrogen-bond donors (Lipinski definition) is 2. The van der Waals surface area contributed by atoms with Gasteiger partial charge >= 0.3 is 5.97 Å². The van der Waals surface area contributed by atoms with E-state index in [2.05, 4.69) is 31.5 Å². The van der Waals surface area contributed by atoms with Gasteiger partial charge in [-0.05, 0) is 124 Å². The molecule has 0 aliphatic heterocycles. The molecule has 5 rings (SSSR count). The maximum absolute atomic E-state index is 13.2. The van der Waals surface area contributed by atoms with Crippen LogP contribution in [0.15, 0.2) is 29.4 Å². The number of carbonyl (C=O) groups excluding carboxylic acids is 1. The van der Waals surface area contributed by atoms with E-state index in [0.29, 0.717) is 23.6 Å². The number of ether oxygens (including phenoxy) is 1. The molecule has 0 saturated heterocycles. The number of hydrogen-bond acceptors (Lipinski definition) is 4. The third kappa shape index (κ3) is 4.06. The molecule has 0 amide bonds. The number of benzene rings is 1. The summed E-state index contributed by atoms with van der Waals surface area (Å²) in [6.07, 6.45) is 9.96. The van der Waals surface area contributed by atoms with Crippen LogP contribution in [-0.2, 0) is 9.53 Å². The highest BCUT2D eigenvalue weighted by Crippen LogP contribution is 2.73. The Bertz CT molecular complexity index is 1080. The van der Waals surface area contributed by atoms with Crippen molar-refractivity contribution < 1.29 is 13.9 Å². The second kappa shape index (κ2) is 9.07. The van der Waals surface area contributed by atoms with Gasteiger partial charge in [-0.15, -0.1) is 0 Å². The Morgan fingerprint density at radius 2 is 1.83 bits per heavy atom. The lowest BCUT2D eigenvalue weighted by molar-refractivity contribution is -0.187. The predicted octanol–water partition coefficient (Wildman–Crippen LogP) is 6.83. The summed E-state index contributed by atoms with van der Waals surface area (Å²) < 4.78 is 18.8. The molecule has 2 bridgehead atoms. The van der Waals surface area contributed by atoms with Crippen molar-refractivity contribution in [1.82, 2.24) is 5.43 Å². The molecule has 1 aromatic carbocycles. The molecular formula is C29H40FN3O2S. The van der Waals surface area contributed by atoms with Crippen LogP contribution in [0.25, 0.3) is 0 Å². The van der Waals surface area contributed by atoms with Crippen molar-refractivity contribution >= 4 is 34.7 Å². The van der Waals surface area contributed by atoms with Crippen LogP contribution in [0.5, 0.6) is 0 Å². The standard InChI is InChI=1S/C29H40FN3O2S/c1-5-35-24(34)28(4)14-6-13-27(3)21(28)12-16-29-17-23(26(2,18-29)15-11-22(27)29)32-33-25(36)31-20-9-7-19(30)8-10-20/h7-10,21-22H,5-6,11-18H2,1-4H3,(H2,31,33,36)/b32-23+/t21-,22-,26-,27+,28+,29-/m0/s1. The van der Waals surface area contributed by atoms with Gasteiger partial charge in [0.2, 0.25) is 0 Å². The van der Waals surface area contributed by atoms with Gasteiger partial charge in [-0.2, -0.15) is 5.10 Å². The minimum atomic E-state index is -0.374. The number of nitrogens with zero attached hydrogens (tertiary/aromatic N) is 1. The summed E-state index contributed by atoms with van der Waals surface area (Å²) in [5.74, 6) is 0.716. The van der Waals surface area contributed by atoms with E-state index in [-0.39, 0.29) is 33.4 Å². The first-order valence-electron chi connectivity index (χ1n) is 13.6. The van der Waals surface area contributed by atoms with Gasteiger partial charge in [-0.25, -0.2) is 4.39 Å². The summed E-state index contributed by atoms with van der Waals surface area (Å²) in [6.45, 7) is 9.40. The Labute approximate surface area is 220 Å². The van der Waals surface area contributed by atoms with E-state index in [1.807, 2.05) is 6.92 Å². The van der Waals surface area contributed by atoms with Gasteiger partial charge in [0.05, 0.1) is 12.0 Å². The quantitative estimate of drug-likeness (QED) is 0.262. The molecule has 0 radical (unpaired) electrons. The van der Waals surface area contributed by atoms with Crippen LogP contribution in [0.4, 0.5) is 10.1 Å². The second-order valence-electron chi connectivity index (χ2n) is 12.6. The second-order valence-corrected chi connectivity index (χ2v) is 13.0. The lowest BCUT2D eigenvalue weighted by Gasteiger charge is -2.64.